The van der Waals surface area contributed by atoms with Crippen molar-refractivity contribution in [3.63, 3.8) is 0 Å². The Balaban J connectivity index is 2.78. The lowest BCUT2D eigenvalue weighted by molar-refractivity contribution is 0.0953. The molecule has 0 aliphatic carbocycles. The molecular weight excluding hydrogens is 184 g/mol. The third kappa shape index (κ3) is 2.46. The number of anilines is 1. The van der Waals surface area contributed by atoms with E-state index in [2.05, 4.69) is 5.32 Å². The van der Waals surface area contributed by atoms with Crippen LogP contribution in [0.15, 0.2) is 24.3 Å². The molecule has 0 atom stereocenters. The summed E-state index contributed by atoms with van der Waals surface area (Å²) in [6.07, 6.45) is 0. The van der Waals surface area contributed by atoms with E-state index >= 15 is 0 Å². The largest absolute Gasteiger partial charge is 0.351 e. The fraction of sp³-hybridized carbons (Fsp3) is 0. The third-order valence-electron chi connectivity index (χ3n) is 1.55. The van der Waals surface area contributed by atoms with Crippen LogP contribution in [0.4, 0.5) is 10.5 Å². The zero-order chi connectivity index (χ0) is 10.6. The van der Waals surface area contributed by atoms with Gasteiger partial charge in [-0.25, -0.2) is 10.6 Å². The molecule has 0 fully saturated rings. The van der Waals surface area contributed by atoms with Crippen molar-refractivity contribution in [3.05, 3.63) is 29.8 Å². The number of hydrazine groups is 1. The van der Waals surface area contributed by atoms with E-state index < -0.39 is 11.9 Å². The fourth-order valence-corrected chi connectivity index (χ4v) is 0.931. The van der Waals surface area contributed by atoms with Crippen molar-refractivity contribution in [2.24, 2.45) is 11.6 Å². The van der Waals surface area contributed by atoms with Gasteiger partial charge in [0.2, 0.25) is 0 Å². The smallest absolute Gasteiger partial charge is 0.316 e. The number of carbonyl (C=O) groups is 2. The molecule has 0 aliphatic heterocycles. The van der Waals surface area contributed by atoms with Crippen LogP contribution in [0.5, 0.6) is 0 Å². The summed E-state index contributed by atoms with van der Waals surface area (Å²) in [5.74, 6) is 4.54. The minimum Gasteiger partial charge on any atom is -0.351 e. The van der Waals surface area contributed by atoms with Gasteiger partial charge < -0.3 is 11.1 Å². The van der Waals surface area contributed by atoms with Gasteiger partial charge in [-0.3, -0.25) is 10.2 Å². The Labute approximate surface area is 80.2 Å². The topological polar surface area (TPSA) is 110 Å². The van der Waals surface area contributed by atoms with Crippen LogP contribution < -0.4 is 22.3 Å². The number of nitrogens with two attached hydrogens (primary N) is 2. The Morgan fingerprint density at radius 1 is 1.14 bits per heavy atom. The molecule has 1 rings (SSSR count). The summed E-state index contributed by atoms with van der Waals surface area (Å²) in [5.41, 5.74) is 7.81. The highest BCUT2D eigenvalue weighted by Gasteiger charge is 2.02. The first-order chi connectivity index (χ1) is 6.63. The minimum atomic E-state index is -0.652. The molecule has 0 bridgehead atoms. The third-order valence-corrected chi connectivity index (χ3v) is 1.55. The van der Waals surface area contributed by atoms with E-state index in [1.807, 2.05) is 5.43 Å². The summed E-state index contributed by atoms with van der Waals surface area (Å²) in [4.78, 5) is 21.5. The molecule has 6 N–H and O–H groups in total. The van der Waals surface area contributed by atoms with E-state index in [0.717, 1.165) is 0 Å². The van der Waals surface area contributed by atoms with Gasteiger partial charge in [0.15, 0.2) is 0 Å². The molecule has 0 unspecified atom stereocenters. The molecule has 0 saturated carbocycles. The zero-order valence-corrected chi connectivity index (χ0v) is 7.28. The number of benzene rings is 1. The second kappa shape index (κ2) is 4.24. The van der Waals surface area contributed by atoms with E-state index in [0.29, 0.717) is 11.3 Å². The Hall–Kier alpha value is -2.08. The van der Waals surface area contributed by atoms with Gasteiger partial charge in [-0.05, 0) is 24.3 Å². The summed E-state index contributed by atoms with van der Waals surface area (Å²) < 4.78 is 0. The first-order valence-electron chi connectivity index (χ1n) is 3.81. The first-order valence-corrected chi connectivity index (χ1v) is 3.81. The summed E-state index contributed by atoms with van der Waals surface area (Å²) in [5, 5.41) is 2.36. The van der Waals surface area contributed by atoms with Crippen molar-refractivity contribution < 1.29 is 9.59 Å². The second-order valence-corrected chi connectivity index (χ2v) is 2.54. The Morgan fingerprint density at radius 2 is 1.71 bits per heavy atom. The summed E-state index contributed by atoms with van der Waals surface area (Å²) in [7, 11) is 0. The van der Waals surface area contributed by atoms with Crippen molar-refractivity contribution in [1.29, 1.82) is 0 Å². The molecule has 6 nitrogen and oxygen atoms in total. The fourth-order valence-electron chi connectivity index (χ4n) is 0.931. The molecule has 3 amide bonds. The van der Waals surface area contributed by atoms with Crippen molar-refractivity contribution in [3.8, 4) is 0 Å². The average molecular weight is 194 g/mol. The number of hydrogen-bond acceptors (Lipinski definition) is 3. The standard InChI is InChI=1S/C8H10N4O2/c9-8(14)11-6-3-1-5(2-4-6)7(13)12-10/h1-4H,10H2,(H,12,13)(H3,9,11,14). The highest BCUT2D eigenvalue weighted by Crippen LogP contribution is 2.08. The van der Waals surface area contributed by atoms with Gasteiger partial charge in [0.25, 0.3) is 5.91 Å². The molecule has 0 saturated heterocycles. The molecule has 1 aromatic carbocycles. The lowest BCUT2D eigenvalue weighted by Gasteiger charge is -2.02. The molecule has 0 heterocycles. The maximum atomic E-state index is 11.0. The molecule has 0 aromatic heterocycles. The summed E-state index contributed by atoms with van der Waals surface area (Å²) in [6, 6.07) is 5.49. The average Bonchev–Trinajstić information content (AvgIpc) is 2.17. The lowest BCUT2D eigenvalue weighted by Crippen LogP contribution is -2.29. The predicted octanol–water partition coefficient (Wildman–Crippen LogP) is -0.219. The van der Waals surface area contributed by atoms with Crippen LogP contribution in [-0.2, 0) is 0 Å². The molecule has 14 heavy (non-hydrogen) atoms. The van der Waals surface area contributed by atoms with E-state index in [1.54, 1.807) is 12.1 Å². The second-order valence-electron chi connectivity index (χ2n) is 2.54. The van der Waals surface area contributed by atoms with Crippen LogP contribution in [0.25, 0.3) is 0 Å². The van der Waals surface area contributed by atoms with Crippen molar-refractivity contribution in [2.45, 2.75) is 0 Å². The quantitative estimate of drug-likeness (QED) is 0.297. The van der Waals surface area contributed by atoms with Crippen molar-refractivity contribution in [1.82, 2.24) is 5.43 Å². The van der Waals surface area contributed by atoms with Gasteiger partial charge in [0, 0.05) is 11.3 Å². The minimum absolute atomic E-state index is 0.393. The van der Waals surface area contributed by atoms with Crippen LogP contribution >= 0.6 is 0 Å². The first kappa shape index (κ1) is 10.0. The number of hydrogen-bond donors (Lipinski definition) is 4. The monoisotopic (exact) mass is 194 g/mol. The number of primary amides is 1. The number of nitrogens with one attached hydrogen (secondary N) is 2. The zero-order valence-electron chi connectivity index (χ0n) is 7.28. The van der Waals surface area contributed by atoms with Crippen LogP contribution in [-0.4, -0.2) is 11.9 Å². The Kier molecular flexibility index (Phi) is 3.03. The molecule has 1 aromatic rings. The lowest BCUT2D eigenvalue weighted by atomic mass is 10.2. The maximum absolute atomic E-state index is 11.0. The van der Waals surface area contributed by atoms with Gasteiger partial charge in [-0.1, -0.05) is 0 Å². The highest BCUT2D eigenvalue weighted by atomic mass is 16.2. The van der Waals surface area contributed by atoms with Gasteiger partial charge >= 0.3 is 6.03 Å². The maximum Gasteiger partial charge on any atom is 0.316 e. The SMILES string of the molecule is NNC(=O)c1ccc(NC(N)=O)cc1. The van der Waals surface area contributed by atoms with Crippen LogP contribution in [0, 0.1) is 0 Å². The van der Waals surface area contributed by atoms with E-state index in [1.165, 1.54) is 12.1 Å². The summed E-state index contributed by atoms with van der Waals surface area (Å²) in [6.45, 7) is 0. The highest BCUT2D eigenvalue weighted by molar-refractivity contribution is 5.94. The molecule has 0 radical (unpaired) electrons. The summed E-state index contributed by atoms with van der Waals surface area (Å²) >= 11 is 0. The van der Waals surface area contributed by atoms with Gasteiger partial charge in [-0.2, -0.15) is 0 Å². The number of amides is 3. The van der Waals surface area contributed by atoms with E-state index in [9.17, 15) is 9.59 Å². The van der Waals surface area contributed by atoms with Gasteiger partial charge in [0.05, 0.1) is 0 Å². The van der Waals surface area contributed by atoms with Crippen molar-refractivity contribution >= 4 is 17.6 Å². The van der Waals surface area contributed by atoms with Crippen LogP contribution in [0.1, 0.15) is 10.4 Å². The molecular formula is C8H10N4O2. The van der Waals surface area contributed by atoms with Crippen LogP contribution in [0.3, 0.4) is 0 Å². The number of rotatable bonds is 2. The van der Waals surface area contributed by atoms with Gasteiger partial charge in [-0.15, -0.1) is 0 Å². The van der Waals surface area contributed by atoms with Crippen LogP contribution in [0.2, 0.25) is 0 Å². The molecule has 0 spiro atoms. The Bertz CT molecular complexity index is 347. The van der Waals surface area contributed by atoms with Gasteiger partial charge in [0.1, 0.15) is 0 Å². The predicted molar refractivity (Wildman–Crippen MR) is 51.3 cm³/mol. The number of carbonyl (C=O) groups excluding carboxylic acids is 2. The molecule has 74 valence electrons. The van der Waals surface area contributed by atoms with E-state index in [-0.39, 0.29) is 0 Å². The van der Waals surface area contributed by atoms with E-state index in [4.69, 9.17) is 11.6 Å². The normalized spacial score (nSPS) is 9.21. The Morgan fingerprint density at radius 3 is 2.14 bits per heavy atom. The molecule has 0 aliphatic rings. The van der Waals surface area contributed by atoms with Crippen molar-refractivity contribution in [2.75, 3.05) is 5.32 Å². The number of nitrogen functional groups attached to an aromatic ring is 1. The number of urea groups is 1. The molecule has 6 heteroatoms.